The van der Waals surface area contributed by atoms with Crippen LogP contribution in [0.15, 0.2) is 65.5 Å². The van der Waals surface area contributed by atoms with E-state index in [1.165, 1.54) is 16.8 Å². The molecule has 1 amide bonds. The summed E-state index contributed by atoms with van der Waals surface area (Å²) in [6.07, 6.45) is 1.78. The molecule has 0 radical (unpaired) electrons. The van der Waals surface area contributed by atoms with Gasteiger partial charge in [0.05, 0.1) is 12.6 Å². The number of ether oxygens (including phenoxy) is 2. The molecule has 2 aliphatic heterocycles. The number of likely N-dealkylation sites (tertiary alicyclic amines) is 1. The topological polar surface area (TPSA) is 73.7 Å². The highest BCUT2D eigenvalue weighted by molar-refractivity contribution is 5.92. The van der Waals surface area contributed by atoms with Gasteiger partial charge in [-0.05, 0) is 42.2 Å². The minimum atomic E-state index is -0.231. The second-order valence-electron chi connectivity index (χ2n) is 7.76. The number of hydrogen-bond donors (Lipinski definition) is 0. The Morgan fingerprint density at radius 3 is 2.65 bits per heavy atom. The number of carbonyl (C=O) groups is 1. The van der Waals surface area contributed by atoms with E-state index < -0.39 is 0 Å². The standard InChI is InChI=1S/C24H23N3O4/c28-23-11-9-19(25-27(23)16-17-5-2-1-3-6-17)24(29)26-12-4-7-20(26)18-8-10-21-22(15-18)31-14-13-30-21/h1-3,5-6,8-11,15,20H,4,7,12-14,16H2. The largest absolute Gasteiger partial charge is 0.486 e. The van der Waals surface area contributed by atoms with Gasteiger partial charge in [-0.2, -0.15) is 5.10 Å². The molecule has 0 bridgehead atoms. The second kappa shape index (κ2) is 8.26. The smallest absolute Gasteiger partial charge is 0.274 e. The summed E-state index contributed by atoms with van der Waals surface area (Å²) in [7, 11) is 0. The number of hydrogen-bond acceptors (Lipinski definition) is 5. The number of benzene rings is 2. The van der Waals surface area contributed by atoms with Crippen molar-refractivity contribution in [2.45, 2.75) is 25.4 Å². The van der Waals surface area contributed by atoms with Gasteiger partial charge in [0, 0.05) is 12.6 Å². The first kappa shape index (κ1) is 19.4. The van der Waals surface area contributed by atoms with Crippen LogP contribution in [0.2, 0.25) is 0 Å². The second-order valence-corrected chi connectivity index (χ2v) is 7.76. The summed E-state index contributed by atoms with van der Waals surface area (Å²) in [4.78, 5) is 27.5. The molecule has 0 spiro atoms. The Bertz CT molecular complexity index is 1160. The van der Waals surface area contributed by atoms with Crippen molar-refractivity contribution in [3.05, 3.63) is 87.8 Å². The van der Waals surface area contributed by atoms with Crippen LogP contribution in [0, 0.1) is 0 Å². The summed E-state index contributed by atoms with van der Waals surface area (Å²) in [5, 5.41) is 4.38. The fourth-order valence-electron chi connectivity index (χ4n) is 4.20. The van der Waals surface area contributed by atoms with Gasteiger partial charge in [-0.1, -0.05) is 36.4 Å². The van der Waals surface area contributed by atoms with E-state index in [4.69, 9.17) is 9.47 Å². The third-order valence-electron chi connectivity index (χ3n) is 5.73. The van der Waals surface area contributed by atoms with Gasteiger partial charge in [-0.15, -0.1) is 0 Å². The van der Waals surface area contributed by atoms with Crippen LogP contribution in [0.1, 0.15) is 40.5 Å². The molecule has 0 saturated carbocycles. The molecule has 2 aliphatic rings. The third-order valence-corrected chi connectivity index (χ3v) is 5.73. The Balaban J connectivity index is 1.40. The van der Waals surface area contributed by atoms with Crippen molar-refractivity contribution in [3.63, 3.8) is 0 Å². The number of carbonyl (C=O) groups excluding carboxylic acids is 1. The van der Waals surface area contributed by atoms with Crippen molar-refractivity contribution in [1.29, 1.82) is 0 Å². The molecule has 158 valence electrons. The molecule has 0 N–H and O–H groups in total. The molecule has 1 fully saturated rings. The Morgan fingerprint density at radius 2 is 1.81 bits per heavy atom. The molecule has 1 saturated heterocycles. The lowest BCUT2D eigenvalue weighted by Gasteiger charge is -2.26. The molecule has 1 aromatic heterocycles. The zero-order valence-electron chi connectivity index (χ0n) is 17.1. The maximum absolute atomic E-state index is 13.3. The molecule has 1 atom stereocenters. The normalized spacial score (nSPS) is 17.5. The van der Waals surface area contributed by atoms with Crippen molar-refractivity contribution in [2.75, 3.05) is 19.8 Å². The summed E-state index contributed by atoms with van der Waals surface area (Å²) in [5.74, 6) is 1.29. The highest BCUT2D eigenvalue weighted by Crippen LogP contribution is 2.38. The maximum atomic E-state index is 13.3. The van der Waals surface area contributed by atoms with Gasteiger partial charge in [0.25, 0.3) is 11.5 Å². The Hall–Kier alpha value is -3.61. The van der Waals surface area contributed by atoms with Crippen molar-refractivity contribution in [3.8, 4) is 11.5 Å². The molecule has 5 rings (SSSR count). The molecule has 3 aromatic rings. The lowest BCUT2D eigenvalue weighted by molar-refractivity contribution is 0.0726. The SMILES string of the molecule is O=C(c1ccc(=O)n(Cc2ccccc2)n1)N1CCCC1c1ccc2c(c1)OCCO2. The Kier molecular flexibility index (Phi) is 5.16. The van der Waals surface area contributed by atoms with Crippen LogP contribution >= 0.6 is 0 Å². The van der Waals surface area contributed by atoms with Crippen LogP contribution < -0.4 is 15.0 Å². The van der Waals surface area contributed by atoms with Gasteiger partial charge in [0.1, 0.15) is 18.9 Å². The first-order chi connectivity index (χ1) is 15.2. The highest BCUT2D eigenvalue weighted by Gasteiger charge is 2.32. The summed E-state index contributed by atoms with van der Waals surface area (Å²) in [5.41, 5.74) is 2.02. The molecular weight excluding hydrogens is 394 g/mol. The molecular formula is C24H23N3O4. The van der Waals surface area contributed by atoms with Gasteiger partial charge in [0.2, 0.25) is 0 Å². The number of amides is 1. The molecule has 7 heteroatoms. The molecule has 31 heavy (non-hydrogen) atoms. The summed E-state index contributed by atoms with van der Waals surface area (Å²) in [6, 6.07) is 18.4. The number of fused-ring (bicyclic) bond motifs is 1. The molecule has 3 heterocycles. The minimum absolute atomic E-state index is 0.0559. The quantitative estimate of drug-likeness (QED) is 0.652. The van der Waals surface area contributed by atoms with Crippen molar-refractivity contribution < 1.29 is 14.3 Å². The lowest BCUT2D eigenvalue weighted by atomic mass is 10.0. The minimum Gasteiger partial charge on any atom is -0.486 e. The fraction of sp³-hybridized carbons (Fsp3) is 0.292. The lowest BCUT2D eigenvalue weighted by Crippen LogP contribution is -2.33. The van der Waals surface area contributed by atoms with Gasteiger partial charge >= 0.3 is 0 Å². The van der Waals surface area contributed by atoms with Gasteiger partial charge in [0.15, 0.2) is 11.5 Å². The third kappa shape index (κ3) is 3.91. The molecule has 1 unspecified atom stereocenters. The van der Waals surface area contributed by atoms with E-state index in [0.717, 1.165) is 35.5 Å². The number of aromatic nitrogens is 2. The van der Waals surface area contributed by atoms with Crippen LogP contribution in [-0.2, 0) is 6.54 Å². The zero-order chi connectivity index (χ0) is 21.2. The predicted molar refractivity (Wildman–Crippen MR) is 114 cm³/mol. The van der Waals surface area contributed by atoms with Crippen LogP contribution in [0.25, 0.3) is 0 Å². The van der Waals surface area contributed by atoms with E-state index in [1.807, 2.05) is 53.4 Å². The van der Waals surface area contributed by atoms with Crippen LogP contribution in [0.4, 0.5) is 0 Å². The number of nitrogens with zero attached hydrogens (tertiary/aromatic N) is 3. The van der Waals surface area contributed by atoms with E-state index >= 15 is 0 Å². The van der Waals surface area contributed by atoms with E-state index in [9.17, 15) is 9.59 Å². The monoisotopic (exact) mass is 417 g/mol. The Labute approximate surface area is 179 Å². The zero-order valence-corrected chi connectivity index (χ0v) is 17.1. The van der Waals surface area contributed by atoms with E-state index in [-0.39, 0.29) is 23.2 Å². The van der Waals surface area contributed by atoms with Crippen LogP contribution in [-0.4, -0.2) is 40.3 Å². The average Bonchev–Trinajstić information content (AvgIpc) is 3.30. The molecule has 0 aliphatic carbocycles. The van der Waals surface area contributed by atoms with Crippen LogP contribution in [0.3, 0.4) is 0 Å². The van der Waals surface area contributed by atoms with Crippen molar-refractivity contribution >= 4 is 5.91 Å². The van der Waals surface area contributed by atoms with Gasteiger partial charge < -0.3 is 14.4 Å². The average molecular weight is 417 g/mol. The van der Waals surface area contributed by atoms with Crippen molar-refractivity contribution in [2.24, 2.45) is 0 Å². The van der Waals surface area contributed by atoms with Crippen LogP contribution in [0.5, 0.6) is 11.5 Å². The fourth-order valence-corrected chi connectivity index (χ4v) is 4.20. The summed E-state index contributed by atoms with van der Waals surface area (Å²) >= 11 is 0. The predicted octanol–water partition coefficient (Wildman–Crippen LogP) is 3.04. The van der Waals surface area contributed by atoms with E-state index in [0.29, 0.717) is 26.3 Å². The maximum Gasteiger partial charge on any atom is 0.274 e. The van der Waals surface area contributed by atoms with E-state index in [2.05, 4.69) is 5.10 Å². The first-order valence-corrected chi connectivity index (χ1v) is 10.5. The van der Waals surface area contributed by atoms with Crippen molar-refractivity contribution in [1.82, 2.24) is 14.7 Å². The van der Waals surface area contributed by atoms with Gasteiger partial charge in [-0.3, -0.25) is 9.59 Å². The molecule has 2 aromatic carbocycles. The van der Waals surface area contributed by atoms with Gasteiger partial charge in [-0.25, -0.2) is 4.68 Å². The summed E-state index contributed by atoms with van der Waals surface area (Å²) in [6.45, 7) is 2.05. The molecule has 7 nitrogen and oxygen atoms in total. The first-order valence-electron chi connectivity index (χ1n) is 10.5. The summed E-state index contributed by atoms with van der Waals surface area (Å²) < 4.78 is 12.7. The Morgan fingerprint density at radius 1 is 1.00 bits per heavy atom. The highest BCUT2D eigenvalue weighted by atomic mass is 16.6. The van der Waals surface area contributed by atoms with E-state index in [1.54, 1.807) is 0 Å². The number of rotatable bonds is 4.